The Labute approximate surface area is 164 Å². The molecular formula is C22H23N5O. The van der Waals surface area contributed by atoms with Crippen LogP contribution in [0.1, 0.15) is 40.4 Å². The normalized spacial score (nSPS) is 17.4. The number of piperidine rings is 1. The van der Waals surface area contributed by atoms with Crippen LogP contribution in [0.4, 0.5) is 0 Å². The molecule has 0 saturated carbocycles. The molecule has 3 heterocycles. The van der Waals surface area contributed by atoms with E-state index in [-0.39, 0.29) is 0 Å². The van der Waals surface area contributed by atoms with Crippen molar-refractivity contribution in [2.24, 2.45) is 5.73 Å². The summed E-state index contributed by atoms with van der Waals surface area (Å²) in [6.45, 7) is 2.88. The summed E-state index contributed by atoms with van der Waals surface area (Å²) in [5.41, 5.74) is 9.84. The molecule has 3 aromatic rings. The minimum Gasteiger partial charge on any atom is -0.366 e. The Bertz CT molecular complexity index is 960. The van der Waals surface area contributed by atoms with Gasteiger partial charge in [-0.2, -0.15) is 0 Å². The van der Waals surface area contributed by atoms with Crippen molar-refractivity contribution in [1.82, 2.24) is 19.9 Å². The average Bonchev–Trinajstić information content (AvgIpc) is 2.75. The summed E-state index contributed by atoms with van der Waals surface area (Å²) in [4.78, 5) is 27.5. The molecular weight excluding hydrogens is 350 g/mol. The first-order valence-electron chi connectivity index (χ1n) is 9.53. The van der Waals surface area contributed by atoms with Crippen molar-refractivity contribution >= 4 is 5.91 Å². The van der Waals surface area contributed by atoms with E-state index in [0.29, 0.717) is 11.5 Å². The monoisotopic (exact) mass is 373 g/mol. The van der Waals surface area contributed by atoms with E-state index >= 15 is 0 Å². The van der Waals surface area contributed by atoms with Crippen LogP contribution in [0, 0.1) is 0 Å². The molecule has 1 fully saturated rings. The molecule has 6 heteroatoms. The third-order valence-electron chi connectivity index (χ3n) is 5.17. The van der Waals surface area contributed by atoms with Gasteiger partial charge in [0, 0.05) is 54.9 Å². The van der Waals surface area contributed by atoms with Gasteiger partial charge in [-0.25, -0.2) is 0 Å². The third kappa shape index (κ3) is 4.07. The molecule has 1 aromatic carbocycles. The van der Waals surface area contributed by atoms with Crippen molar-refractivity contribution in [3.8, 4) is 11.3 Å². The van der Waals surface area contributed by atoms with E-state index < -0.39 is 5.91 Å². The van der Waals surface area contributed by atoms with Crippen LogP contribution in [-0.4, -0.2) is 38.8 Å². The van der Waals surface area contributed by atoms with Crippen molar-refractivity contribution in [2.45, 2.75) is 25.3 Å². The molecule has 1 atom stereocenters. The number of hydrogen-bond acceptors (Lipinski definition) is 5. The van der Waals surface area contributed by atoms with Gasteiger partial charge in [-0.1, -0.05) is 18.2 Å². The molecule has 1 amide bonds. The Morgan fingerprint density at radius 3 is 2.86 bits per heavy atom. The number of hydrogen-bond donors (Lipinski definition) is 1. The van der Waals surface area contributed by atoms with E-state index in [0.717, 1.165) is 49.4 Å². The van der Waals surface area contributed by atoms with E-state index in [2.05, 4.69) is 25.9 Å². The molecule has 28 heavy (non-hydrogen) atoms. The second-order valence-electron chi connectivity index (χ2n) is 7.17. The number of rotatable bonds is 5. The lowest BCUT2D eigenvalue weighted by atomic mass is 9.91. The molecule has 2 N–H and O–H groups in total. The topological polar surface area (TPSA) is 85.0 Å². The number of benzene rings is 1. The van der Waals surface area contributed by atoms with Gasteiger partial charge < -0.3 is 5.73 Å². The van der Waals surface area contributed by atoms with Crippen LogP contribution in [-0.2, 0) is 6.54 Å². The molecule has 0 radical (unpaired) electrons. The number of nitrogens with two attached hydrogens (primary N) is 1. The van der Waals surface area contributed by atoms with Gasteiger partial charge in [-0.3, -0.25) is 24.6 Å². The Morgan fingerprint density at radius 2 is 2.04 bits per heavy atom. The number of pyridine rings is 1. The molecule has 0 bridgehead atoms. The minimum atomic E-state index is -0.437. The van der Waals surface area contributed by atoms with Crippen molar-refractivity contribution in [3.63, 3.8) is 0 Å². The first kappa shape index (κ1) is 18.3. The first-order valence-corrected chi connectivity index (χ1v) is 9.53. The van der Waals surface area contributed by atoms with Crippen LogP contribution in [0.25, 0.3) is 11.3 Å². The van der Waals surface area contributed by atoms with Crippen molar-refractivity contribution in [1.29, 1.82) is 0 Å². The van der Waals surface area contributed by atoms with E-state index in [1.807, 2.05) is 24.4 Å². The summed E-state index contributed by atoms with van der Waals surface area (Å²) < 4.78 is 0. The number of primary amides is 1. The van der Waals surface area contributed by atoms with E-state index in [1.165, 1.54) is 5.56 Å². The fourth-order valence-electron chi connectivity index (χ4n) is 3.86. The maximum Gasteiger partial charge on any atom is 0.248 e. The van der Waals surface area contributed by atoms with Crippen molar-refractivity contribution < 1.29 is 4.79 Å². The number of carbonyl (C=O) groups is 1. The zero-order valence-electron chi connectivity index (χ0n) is 15.7. The highest BCUT2D eigenvalue weighted by Gasteiger charge is 2.25. The van der Waals surface area contributed by atoms with Gasteiger partial charge in [-0.15, -0.1) is 0 Å². The summed E-state index contributed by atoms with van der Waals surface area (Å²) in [5.74, 6) is -0.140. The van der Waals surface area contributed by atoms with E-state index in [9.17, 15) is 4.79 Å². The molecule has 4 rings (SSSR count). The summed E-state index contributed by atoms with van der Waals surface area (Å²) in [5, 5.41) is 0. The van der Waals surface area contributed by atoms with E-state index in [4.69, 9.17) is 5.73 Å². The fraction of sp³-hybridized carbons (Fsp3) is 0.273. The highest BCUT2D eigenvalue weighted by molar-refractivity contribution is 5.94. The predicted molar refractivity (Wildman–Crippen MR) is 107 cm³/mol. The average molecular weight is 373 g/mol. The molecule has 6 nitrogen and oxygen atoms in total. The van der Waals surface area contributed by atoms with Crippen molar-refractivity contribution in [3.05, 3.63) is 78.0 Å². The smallest absolute Gasteiger partial charge is 0.248 e. The summed E-state index contributed by atoms with van der Waals surface area (Å²) in [6, 6.07) is 11.4. The number of nitrogens with zero attached hydrogens (tertiary/aromatic N) is 4. The van der Waals surface area contributed by atoms with Gasteiger partial charge in [0.1, 0.15) is 0 Å². The predicted octanol–water partition coefficient (Wildman–Crippen LogP) is 3.02. The fourth-order valence-corrected chi connectivity index (χ4v) is 3.86. The molecule has 1 aliphatic rings. The van der Waals surface area contributed by atoms with Crippen LogP contribution in [0.3, 0.4) is 0 Å². The maximum absolute atomic E-state index is 11.6. The Morgan fingerprint density at radius 1 is 1.14 bits per heavy atom. The standard InChI is InChI=1S/C22H23N5O/c23-22(28)18-6-1-5-17(12-18)20-21(26-10-9-25-20)19-7-3-11-27(15-19)14-16-4-2-8-24-13-16/h1-2,4-6,8-10,12-13,19H,3,7,11,14-15H2,(H2,23,28). The van der Waals surface area contributed by atoms with Crippen LogP contribution >= 0.6 is 0 Å². The van der Waals surface area contributed by atoms with Gasteiger partial charge in [0.05, 0.1) is 11.4 Å². The quantitative estimate of drug-likeness (QED) is 0.743. The zero-order chi connectivity index (χ0) is 19.3. The second kappa shape index (κ2) is 8.27. The zero-order valence-corrected chi connectivity index (χ0v) is 15.7. The first-order chi connectivity index (χ1) is 13.7. The molecule has 1 aliphatic heterocycles. The van der Waals surface area contributed by atoms with E-state index in [1.54, 1.807) is 30.7 Å². The maximum atomic E-state index is 11.6. The van der Waals surface area contributed by atoms with Crippen LogP contribution in [0.15, 0.2) is 61.2 Å². The number of carbonyl (C=O) groups excluding carboxylic acids is 1. The SMILES string of the molecule is NC(=O)c1cccc(-c2nccnc2C2CCCN(Cc3cccnc3)C2)c1. The number of amides is 1. The Hall–Kier alpha value is -3.12. The Kier molecular flexibility index (Phi) is 5.39. The summed E-state index contributed by atoms with van der Waals surface area (Å²) in [7, 11) is 0. The molecule has 2 aromatic heterocycles. The third-order valence-corrected chi connectivity index (χ3v) is 5.17. The summed E-state index contributed by atoms with van der Waals surface area (Å²) >= 11 is 0. The van der Waals surface area contributed by atoms with Crippen LogP contribution in [0.2, 0.25) is 0 Å². The highest BCUT2D eigenvalue weighted by atomic mass is 16.1. The lowest BCUT2D eigenvalue weighted by molar-refractivity contribution is 0.100. The number of aromatic nitrogens is 3. The lowest BCUT2D eigenvalue weighted by Crippen LogP contribution is -2.34. The summed E-state index contributed by atoms with van der Waals surface area (Å²) in [6.07, 6.45) is 9.36. The lowest BCUT2D eigenvalue weighted by Gasteiger charge is -2.33. The molecule has 1 saturated heterocycles. The van der Waals surface area contributed by atoms with Gasteiger partial charge in [0.25, 0.3) is 0 Å². The van der Waals surface area contributed by atoms with Gasteiger partial charge in [-0.05, 0) is 43.1 Å². The van der Waals surface area contributed by atoms with Gasteiger partial charge in [0.15, 0.2) is 0 Å². The molecule has 0 aliphatic carbocycles. The molecule has 142 valence electrons. The minimum absolute atomic E-state index is 0.298. The largest absolute Gasteiger partial charge is 0.366 e. The van der Waals surface area contributed by atoms with Gasteiger partial charge >= 0.3 is 0 Å². The Balaban J connectivity index is 1.59. The van der Waals surface area contributed by atoms with Gasteiger partial charge in [0.2, 0.25) is 5.91 Å². The molecule has 1 unspecified atom stereocenters. The van der Waals surface area contributed by atoms with Crippen molar-refractivity contribution in [2.75, 3.05) is 13.1 Å². The highest BCUT2D eigenvalue weighted by Crippen LogP contribution is 2.32. The number of likely N-dealkylation sites (tertiary alicyclic amines) is 1. The van der Waals surface area contributed by atoms with Crippen LogP contribution in [0.5, 0.6) is 0 Å². The van der Waals surface area contributed by atoms with Crippen LogP contribution < -0.4 is 5.73 Å². The second-order valence-corrected chi connectivity index (χ2v) is 7.17. The molecule has 0 spiro atoms.